The molecule has 0 aliphatic heterocycles. The molecule has 0 spiro atoms. The van der Waals surface area contributed by atoms with Crippen LogP contribution in [0.25, 0.3) is 0 Å². The Hall–Kier alpha value is -1.57. The topological polar surface area (TPSA) is 67.2 Å². The molecular weight excluding hydrogens is 275 g/mol. The Morgan fingerprint density at radius 3 is 2.55 bits per heavy atom. The smallest absolute Gasteiger partial charge is 0.396 e. The number of aliphatic hydroxyl groups excluding tert-OH is 1. The second-order valence-electron chi connectivity index (χ2n) is 4.90. The predicted octanol–water partition coefficient (Wildman–Crippen LogP) is 1.58. The van der Waals surface area contributed by atoms with Gasteiger partial charge in [-0.05, 0) is 12.3 Å². The van der Waals surface area contributed by atoms with E-state index in [4.69, 9.17) is 5.11 Å². The van der Waals surface area contributed by atoms with Crippen LogP contribution in [0.5, 0.6) is 0 Å². The minimum atomic E-state index is -4.68. The third kappa shape index (κ3) is 3.96. The van der Waals surface area contributed by atoms with E-state index in [9.17, 15) is 18.0 Å². The van der Waals surface area contributed by atoms with E-state index in [1.54, 1.807) is 0 Å². The molecule has 0 bridgehead atoms. The first-order valence-electron chi connectivity index (χ1n) is 6.19. The van der Waals surface area contributed by atoms with Gasteiger partial charge in [0.1, 0.15) is 0 Å². The average molecular weight is 293 g/mol. The first kappa shape index (κ1) is 16.5. The van der Waals surface area contributed by atoms with Crippen LogP contribution in [0.15, 0.2) is 6.20 Å². The number of alkyl halides is 3. The van der Waals surface area contributed by atoms with Crippen LogP contribution in [-0.2, 0) is 13.2 Å². The van der Waals surface area contributed by atoms with Crippen LogP contribution in [-0.4, -0.2) is 33.4 Å². The molecule has 1 amide bonds. The van der Waals surface area contributed by atoms with Gasteiger partial charge in [0, 0.05) is 25.9 Å². The van der Waals surface area contributed by atoms with Crippen molar-refractivity contribution in [3.8, 4) is 0 Å². The summed E-state index contributed by atoms with van der Waals surface area (Å²) in [4.78, 5) is 12.0. The molecule has 0 saturated heterocycles. The SMILES string of the molecule is CC(C)C(CCO)NC(=O)c1cn(C)nc1C(F)(F)F. The first-order chi connectivity index (χ1) is 9.16. The van der Waals surface area contributed by atoms with Gasteiger partial charge in [-0.3, -0.25) is 9.48 Å². The van der Waals surface area contributed by atoms with E-state index in [0.29, 0.717) is 0 Å². The largest absolute Gasteiger partial charge is 0.435 e. The van der Waals surface area contributed by atoms with E-state index >= 15 is 0 Å². The van der Waals surface area contributed by atoms with E-state index in [-0.39, 0.29) is 18.9 Å². The molecule has 0 saturated carbocycles. The molecule has 1 heterocycles. The summed E-state index contributed by atoms with van der Waals surface area (Å²) in [5.41, 5.74) is -1.72. The molecular formula is C12H18F3N3O2. The molecule has 0 radical (unpaired) electrons. The number of hydrogen-bond donors (Lipinski definition) is 2. The molecule has 0 aliphatic carbocycles. The van der Waals surface area contributed by atoms with Crippen LogP contribution < -0.4 is 5.32 Å². The summed E-state index contributed by atoms with van der Waals surface area (Å²) in [7, 11) is 1.32. The molecule has 5 nitrogen and oxygen atoms in total. The van der Waals surface area contributed by atoms with E-state index in [1.165, 1.54) is 7.05 Å². The van der Waals surface area contributed by atoms with E-state index in [1.807, 2.05) is 13.8 Å². The third-order valence-electron chi connectivity index (χ3n) is 2.90. The number of aryl methyl sites for hydroxylation is 1. The molecule has 0 aromatic carbocycles. The van der Waals surface area contributed by atoms with Gasteiger partial charge >= 0.3 is 6.18 Å². The van der Waals surface area contributed by atoms with Gasteiger partial charge in [-0.1, -0.05) is 13.8 Å². The molecule has 1 aromatic rings. The van der Waals surface area contributed by atoms with Crippen molar-refractivity contribution >= 4 is 5.91 Å². The fraction of sp³-hybridized carbons (Fsp3) is 0.667. The van der Waals surface area contributed by atoms with Crippen LogP contribution in [0.1, 0.15) is 36.3 Å². The maximum atomic E-state index is 12.8. The number of amides is 1. The third-order valence-corrected chi connectivity index (χ3v) is 2.90. The van der Waals surface area contributed by atoms with Crippen LogP contribution >= 0.6 is 0 Å². The standard InChI is InChI=1S/C12H18F3N3O2/c1-7(2)9(4-5-19)16-11(20)8-6-18(3)17-10(8)12(13,14)15/h6-7,9,19H,4-5H2,1-3H3,(H,16,20). The van der Waals surface area contributed by atoms with Gasteiger partial charge in [0.25, 0.3) is 5.91 Å². The van der Waals surface area contributed by atoms with Crippen molar-refractivity contribution in [2.75, 3.05) is 6.61 Å². The summed E-state index contributed by atoms with van der Waals surface area (Å²) in [6.07, 6.45) is -3.36. The summed E-state index contributed by atoms with van der Waals surface area (Å²) in [6.45, 7) is 3.48. The Bertz CT molecular complexity index is 469. The van der Waals surface area contributed by atoms with Crippen molar-refractivity contribution in [3.05, 3.63) is 17.5 Å². The Labute approximate surface area is 114 Å². The number of rotatable bonds is 5. The zero-order valence-corrected chi connectivity index (χ0v) is 11.5. The highest BCUT2D eigenvalue weighted by Gasteiger charge is 2.39. The van der Waals surface area contributed by atoms with Crippen LogP contribution in [0.4, 0.5) is 13.2 Å². The van der Waals surface area contributed by atoms with Crippen molar-refractivity contribution < 1.29 is 23.1 Å². The Morgan fingerprint density at radius 2 is 2.10 bits per heavy atom. The predicted molar refractivity (Wildman–Crippen MR) is 66.0 cm³/mol. The molecule has 0 aliphatic rings. The molecule has 1 aromatic heterocycles. The minimum absolute atomic E-state index is 0.00268. The van der Waals surface area contributed by atoms with Crippen molar-refractivity contribution in [1.82, 2.24) is 15.1 Å². The average Bonchev–Trinajstić information content (AvgIpc) is 2.70. The van der Waals surface area contributed by atoms with Crippen LogP contribution in [0, 0.1) is 5.92 Å². The number of halogens is 3. The second kappa shape index (κ2) is 6.25. The van der Waals surface area contributed by atoms with Crippen molar-refractivity contribution in [2.45, 2.75) is 32.5 Å². The van der Waals surface area contributed by atoms with E-state index in [0.717, 1.165) is 10.9 Å². The summed E-state index contributed by atoms with van der Waals surface area (Å²) in [5.74, 6) is -0.838. The van der Waals surface area contributed by atoms with Gasteiger partial charge in [-0.15, -0.1) is 0 Å². The van der Waals surface area contributed by atoms with Gasteiger partial charge in [0.05, 0.1) is 5.56 Å². The normalized spacial score (nSPS) is 13.6. The minimum Gasteiger partial charge on any atom is -0.396 e. The number of aromatic nitrogens is 2. The lowest BCUT2D eigenvalue weighted by Crippen LogP contribution is -2.39. The van der Waals surface area contributed by atoms with Crippen molar-refractivity contribution in [3.63, 3.8) is 0 Å². The van der Waals surface area contributed by atoms with Gasteiger partial charge in [-0.2, -0.15) is 18.3 Å². The first-order valence-corrected chi connectivity index (χ1v) is 6.19. The Morgan fingerprint density at radius 1 is 1.50 bits per heavy atom. The summed E-state index contributed by atoms with van der Waals surface area (Å²) in [6, 6.07) is -0.395. The van der Waals surface area contributed by atoms with Gasteiger partial charge < -0.3 is 10.4 Å². The lowest BCUT2D eigenvalue weighted by atomic mass is 10.0. The molecule has 1 atom stereocenters. The Kier molecular flexibility index (Phi) is 5.15. The number of carbonyl (C=O) groups is 1. The maximum Gasteiger partial charge on any atom is 0.435 e. The summed E-state index contributed by atoms with van der Waals surface area (Å²) in [5, 5.41) is 14.7. The summed E-state index contributed by atoms with van der Waals surface area (Å²) >= 11 is 0. The van der Waals surface area contributed by atoms with Crippen molar-refractivity contribution in [2.24, 2.45) is 13.0 Å². The second-order valence-corrected chi connectivity index (χ2v) is 4.90. The van der Waals surface area contributed by atoms with Crippen LogP contribution in [0.2, 0.25) is 0 Å². The number of nitrogens with zero attached hydrogens (tertiary/aromatic N) is 2. The summed E-state index contributed by atoms with van der Waals surface area (Å²) < 4.78 is 39.3. The molecule has 1 rings (SSSR count). The molecule has 2 N–H and O–H groups in total. The number of nitrogens with one attached hydrogen (secondary N) is 1. The highest BCUT2D eigenvalue weighted by atomic mass is 19.4. The molecule has 0 fully saturated rings. The monoisotopic (exact) mass is 293 g/mol. The molecule has 8 heteroatoms. The highest BCUT2D eigenvalue weighted by molar-refractivity contribution is 5.95. The maximum absolute atomic E-state index is 12.8. The number of hydrogen-bond acceptors (Lipinski definition) is 3. The number of carbonyl (C=O) groups excluding carboxylic acids is 1. The highest BCUT2D eigenvalue weighted by Crippen LogP contribution is 2.30. The fourth-order valence-electron chi connectivity index (χ4n) is 1.82. The zero-order chi connectivity index (χ0) is 15.5. The number of aliphatic hydroxyl groups is 1. The molecule has 114 valence electrons. The lowest BCUT2D eigenvalue weighted by Gasteiger charge is -2.21. The van der Waals surface area contributed by atoms with Gasteiger partial charge in [-0.25, -0.2) is 0 Å². The van der Waals surface area contributed by atoms with E-state index < -0.39 is 29.4 Å². The van der Waals surface area contributed by atoms with Gasteiger partial charge in [0.15, 0.2) is 5.69 Å². The molecule has 1 unspecified atom stereocenters. The van der Waals surface area contributed by atoms with Gasteiger partial charge in [0.2, 0.25) is 0 Å². The zero-order valence-electron chi connectivity index (χ0n) is 11.5. The van der Waals surface area contributed by atoms with Crippen molar-refractivity contribution in [1.29, 1.82) is 0 Å². The van der Waals surface area contributed by atoms with Crippen LogP contribution in [0.3, 0.4) is 0 Å². The van der Waals surface area contributed by atoms with E-state index in [2.05, 4.69) is 10.4 Å². The molecule has 20 heavy (non-hydrogen) atoms. The lowest BCUT2D eigenvalue weighted by molar-refractivity contribution is -0.141. The fourth-order valence-corrected chi connectivity index (χ4v) is 1.82. The quantitative estimate of drug-likeness (QED) is 0.866. The Balaban J connectivity index is 2.98.